The molecule has 19 heavy (non-hydrogen) atoms. The monoisotopic (exact) mass is 263 g/mol. The lowest BCUT2D eigenvalue weighted by Gasteiger charge is -2.16. The van der Waals surface area contributed by atoms with E-state index in [0.717, 1.165) is 43.0 Å². The van der Waals surface area contributed by atoms with Crippen molar-refractivity contribution in [2.75, 3.05) is 20.3 Å². The Morgan fingerprint density at radius 3 is 2.47 bits per heavy atom. The first-order chi connectivity index (χ1) is 9.31. The van der Waals surface area contributed by atoms with Crippen LogP contribution in [-0.4, -0.2) is 26.3 Å². The smallest absolute Gasteiger partial charge is 0.119 e. The SMILES string of the molecule is CCC(CCOc1ccc(OC)cc1)CNC1CC1. The van der Waals surface area contributed by atoms with Crippen LogP contribution in [0.3, 0.4) is 0 Å². The number of ether oxygens (including phenoxy) is 2. The Bertz CT molecular complexity index is 360. The van der Waals surface area contributed by atoms with Crippen LogP contribution >= 0.6 is 0 Å². The van der Waals surface area contributed by atoms with Gasteiger partial charge < -0.3 is 14.8 Å². The number of methoxy groups -OCH3 is 1. The van der Waals surface area contributed by atoms with Crippen LogP contribution in [0.4, 0.5) is 0 Å². The van der Waals surface area contributed by atoms with Crippen LogP contribution in [0.5, 0.6) is 11.5 Å². The van der Waals surface area contributed by atoms with Gasteiger partial charge in [-0.2, -0.15) is 0 Å². The Kier molecular flexibility index (Phi) is 5.52. The number of benzene rings is 1. The molecule has 0 spiro atoms. The van der Waals surface area contributed by atoms with Crippen molar-refractivity contribution in [3.63, 3.8) is 0 Å². The summed E-state index contributed by atoms with van der Waals surface area (Å²) in [5, 5.41) is 3.60. The highest BCUT2D eigenvalue weighted by atomic mass is 16.5. The minimum Gasteiger partial charge on any atom is -0.497 e. The zero-order chi connectivity index (χ0) is 13.5. The maximum absolute atomic E-state index is 5.78. The van der Waals surface area contributed by atoms with E-state index in [0.29, 0.717) is 0 Å². The molecule has 1 aliphatic carbocycles. The third kappa shape index (κ3) is 5.11. The van der Waals surface area contributed by atoms with E-state index in [1.54, 1.807) is 7.11 Å². The van der Waals surface area contributed by atoms with Crippen LogP contribution in [0.1, 0.15) is 32.6 Å². The molecule has 0 amide bonds. The van der Waals surface area contributed by atoms with Gasteiger partial charge in [-0.25, -0.2) is 0 Å². The fourth-order valence-electron chi connectivity index (χ4n) is 2.09. The van der Waals surface area contributed by atoms with Crippen molar-refractivity contribution >= 4 is 0 Å². The Balaban J connectivity index is 1.65. The fourth-order valence-corrected chi connectivity index (χ4v) is 2.09. The largest absolute Gasteiger partial charge is 0.497 e. The summed E-state index contributed by atoms with van der Waals surface area (Å²) in [6, 6.07) is 8.59. The van der Waals surface area contributed by atoms with E-state index in [2.05, 4.69) is 12.2 Å². The first-order valence-electron chi connectivity index (χ1n) is 7.32. The molecular formula is C16H25NO2. The quantitative estimate of drug-likeness (QED) is 0.742. The Morgan fingerprint density at radius 2 is 1.89 bits per heavy atom. The van der Waals surface area contributed by atoms with Gasteiger partial charge in [0, 0.05) is 6.04 Å². The highest BCUT2D eigenvalue weighted by Crippen LogP contribution is 2.20. The standard InChI is InChI=1S/C16H25NO2/c1-3-13(12-17-14-4-5-14)10-11-19-16-8-6-15(18-2)7-9-16/h6-9,13-14,17H,3-5,10-12H2,1-2H3. The summed E-state index contributed by atoms with van der Waals surface area (Å²) < 4.78 is 10.9. The zero-order valence-corrected chi connectivity index (χ0v) is 12.0. The molecule has 1 unspecified atom stereocenters. The summed E-state index contributed by atoms with van der Waals surface area (Å²) in [5.41, 5.74) is 0. The van der Waals surface area contributed by atoms with Crippen molar-refractivity contribution in [2.24, 2.45) is 5.92 Å². The molecule has 106 valence electrons. The molecule has 0 aromatic heterocycles. The molecule has 1 atom stereocenters. The van der Waals surface area contributed by atoms with Gasteiger partial charge in [0.25, 0.3) is 0 Å². The first-order valence-corrected chi connectivity index (χ1v) is 7.32. The molecule has 1 saturated carbocycles. The molecule has 0 heterocycles. The van der Waals surface area contributed by atoms with Gasteiger partial charge in [0.05, 0.1) is 13.7 Å². The second-order valence-corrected chi connectivity index (χ2v) is 5.27. The van der Waals surface area contributed by atoms with Crippen molar-refractivity contribution < 1.29 is 9.47 Å². The lowest BCUT2D eigenvalue weighted by Crippen LogP contribution is -2.25. The average molecular weight is 263 g/mol. The second-order valence-electron chi connectivity index (χ2n) is 5.27. The van der Waals surface area contributed by atoms with Crippen LogP contribution in [0.2, 0.25) is 0 Å². The van der Waals surface area contributed by atoms with Gasteiger partial charge in [-0.3, -0.25) is 0 Å². The van der Waals surface area contributed by atoms with Gasteiger partial charge in [0.1, 0.15) is 11.5 Å². The fraction of sp³-hybridized carbons (Fsp3) is 0.625. The molecule has 0 saturated heterocycles. The molecule has 2 rings (SSSR count). The van der Waals surface area contributed by atoms with Gasteiger partial charge in [-0.15, -0.1) is 0 Å². The van der Waals surface area contributed by atoms with Gasteiger partial charge in [-0.05, 0) is 56.0 Å². The Morgan fingerprint density at radius 1 is 1.21 bits per heavy atom. The summed E-state index contributed by atoms with van der Waals surface area (Å²) in [5.74, 6) is 2.51. The van der Waals surface area contributed by atoms with E-state index in [9.17, 15) is 0 Å². The summed E-state index contributed by atoms with van der Waals surface area (Å²) in [7, 11) is 1.68. The predicted molar refractivity (Wildman–Crippen MR) is 77.9 cm³/mol. The number of rotatable bonds is 9. The van der Waals surface area contributed by atoms with Crippen LogP contribution in [-0.2, 0) is 0 Å². The van der Waals surface area contributed by atoms with Crippen molar-refractivity contribution in [3.05, 3.63) is 24.3 Å². The summed E-state index contributed by atoms with van der Waals surface area (Å²) in [6.07, 6.45) is 5.05. The van der Waals surface area contributed by atoms with Gasteiger partial charge >= 0.3 is 0 Å². The maximum Gasteiger partial charge on any atom is 0.119 e. The normalized spacial score (nSPS) is 16.1. The van der Waals surface area contributed by atoms with E-state index in [1.807, 2.05) is 24.3 Å². The third-order valence-corrected chi connectivity index (χ3v) is 3.70. The maximum atomic E-state index is 5.78. The molecule has 3 nitrogen and oxygen atoms in total. The molecule has 1 N–H and O–H groups in total. The van der Waals surface area contributed by atoms with Crippen molar-refractivity contribution in [1.29, 1.82) is 0 Å². The zero-order valence-electron chi connectivity index (χ0n) is 12.0. The summed E-state index contributed by atoms with van der Waals surface area (Å²) in [4.78, 5) is 0. The van der Waals surface area contributed by atoms with Gasteiger partial charge in [0.15, 0.2) is 0 Å². The number of hydrogen-bond acceptors (Lipinski definition) is 3. The van der Waals surface area contributed by atoms with Crippen molar-refractivity contribution in [3.8, 4) is 11.5 Å². The first kappa shape index (κ1) is 14.2. The highest BCUT2D eigenvalue weighted by Gasteiger charge is 2.21. The van der Waals surface area contributed by atoms with E-state index >= 15 is 0 Å². The van der Waals surface area contributed by atoms with Gasteiger partial charge in [0.2, 0.25) is 0 Å². The molecule has 1 aliphatic rings. The highest BCUT2D eigenvalue weighted by molar-refractivity contribution is 5.31. The van der Waals surface area contributed by atoms with E-state index in [1.165, 1.54) is 19.3 Å². The lowest BCUT2D eigenvalue weighted by molar-refractivity contribution is 0.270. The van der Waals surface area contributed by atoms with E-state index in [4.69, 9.17) is 9.47 Å². The molecule has 1 fully saturated rings. The molecule has 0 bridgehead atoms. The third-order valence-electron chi connectivity index (χ3n) is 3.70. The predicted octanol–water partition coefficient (Wildman–Crippen LogP) is 3.24. The minimum atomic E-state index is 0.721. The summed E-state index contributed by atoms with van der Waals surface area (Å²) in [6.45, 7) is 4.18. The minimum absolute atomic E-state index is 0.721. The van der Waals surface area contributed by atoms with Crippen LogP contribution in [0, 0.1) is 5.92 Å². The van der Waals surface area contributed by atoms with Crippen LogP contribution in [0.25, 0.3) is 0 Å². The van der Waals surface area contributed by atoms with E-state index in [-0.39, 0.29) is 0 Å². The molecule has 1 aromatic carbocycles. The molecule has 0 aliphatic heterocycles. The molecule has 0 radical (unpaired) electrons. The molecule has 1 aromatic rings. The number of nitrogens with one attached hydrogen (secondary N) is 1. The molecule has 3 heteroatoms. The van der Waals surface area contributed by atoms with Crippen LogP contribution in [0.15, 0.2) is 24.3 Å². The summed E-state index contributed by atoms with van der Waals surface area (Å²) >= 11 is 0. The topological polar surface area (TPSA) is 30.5 Å². The second kappa shape index (κ2) is 7.39. The van der Waals surface area contributed by atoms with Crippen LogP contribution < -0.4 is 14.8 Å². The van der Waals surface area contributed by atoms with E-state index < -0.39 is 0 Å². The average Bonchev–Trinajstić information content (AvgIpc) is 3.27. The van der Waals surface area contributed by atoms with Crippen molar-refractivity contribution in [1.82, 2.24) is 5.32 Å². The lowest BCUT2D eigenvalue weighted by atomic mass is 10.0. The number of hydrogen-bond donors (Lipinski definition) is 1. The van der Waals surface area contributed by atoms with Gasteiger partial charge in [-0.1, -0.05) is 13.3 Å². The Hall–Kier alpha value is -1.22. The van der Waals surface area contributed by atoms with Crippen molar-refractivity contribution in [2.45, 2.75) is 38.6 Å². The molecular weight excluding hydrogens is 238 g/mol. The Labute approximate surface area is 116 Å².